The Bertz CT molecular complexity index is 3320. The van der Waals surface area contributed by atoms with E-state index >= 15 is 0 Å². The SMILES string of the molecule is C=C(/C=C\C(=C/C)C1(C)c2c(ccc3ccc(O)cc23)Oc2ccc3ccc(O)cc3c21)c1ccc(C2(C)c3c(ccc4ccc(O)cc34)Oc3ccc4ccc(O)cc4c32)cc1. The van der Waals surface area contributed by atoms with Crippen LogP contribution in [0.1, 0.15) is 54.2 Å². The summed E-state index contributed by atoms with van der Waals surface area (Å²) in [5.41, 5.74) is 5.82. The molecule has 6 heteroatoms. The van der Waals surface area contributed by atoms with Crippen molar-refractivity contribution in [1.29, 1.82) is 0 Å². The summed E-state index contributed by atoms with van der Waals surface area (Å²) in [6, 6.07) is 46.2. The molecule has 63 heavy (non-hydrogen) atoms. The maximum atomic E-state index is 10.8. The van der Waals surface area contributed by atoms with Gasteiger partial charge in [-0.15, -0.1) is 0 Å². The van der Waals surface area contributed by atoms with E-state index in [-0.39, 0.29) is 23.0 Å². The second kappa shape index (κ2) is 13.8. The maximum Gasteiger partial charge on any atom is 0.132 e. The van der Waals surface area contributed by atoms with Crippen molar-refractivity contribution < 1.29 is 29.9 Å². The molecule has 9 aromatic carbocycles. The number of fused-ring (bicyclic) bond motifs is 12. The number of phenols is 4. The van der Waals surface area contributed by atoms with Crippen molar-refractivity contribution in [3.8, 4) is 46.0 Å². The monoisotopic (exact) mass is 822 g/mol. The number of ether oxygens (including phenoxy) is 2. The summed E-state index contributed by atoms with van der Waals surface area (Å²) in [7, 11) is 0. The molecule has 0 amide bonds. The number of rotatable bonds is 5. The lowest BCUT2D eigenvalue weighted by Crippen LogP contribution is -2.30. The molecular formula is C57H42O6. The van der Waals surface area contributed by atoms with Crippen LogP contribution in [0.4, 0.5) is 0 Å². The molecule has 0 spiro atoms. The Morgan fingerprint density at radius 3 is 1.19 bits per heavy atom. The van der Waals surface area contributed by atoms with Crippen LogP contribution in [-0.4, -0.2) is 20.4 Å². The maximum absolute atomic E-state index is 10.8. The lowest BCUT2D eigenvalue weighted by molar-refractivity contribution is 0.431. The lowest BCUT2D eigenvalue weighted by Gasteiger charge is -2.40. The van der Waals surface area contributed by atoms with Gasteiger partial charge >= 0.3 is 0 Å². The fourth-order valence-corrected chi connectivity index (χ4v) is 10.5. The lowest BCUT2D eigenvalue weighted by atomic mass is 9.66. The Morgan fingerprint density at radius 1 is 0.460 bits per heavy atom. The van der Waals surface area contributed by atoms with Crippen LogP contribution in [0.25, 0.3) is 48.7 Å². The smallest absolute Gasteiger partial charge is 0.132 e. The highest BCUT2D eigenvalue weighted by molar-refractivity contribution is 5.99. The third-order valence-corrected chi connectivity index (χ3v) is 13.5. The molecule has 306 valence electrons. The normalized spacial score (nSPS) is 14.8. The van der Waals surface area contributed by atoms with Crippen molar-refractivity contribution >= 4 is 48.7 Å². The van der Waals surface area contributed by atoms with Crippen LogP contribution < -0.4 is 9.47 Å². The fourth-order valence-electron chi connectivity index (χ4n) is 10.5. The Morgan fingerprint density at radius 2 is 0.810 bits per heavy atom. The van der Waals surface area contributed by atoms with Gasteiger partial charge in [-0.1, -0.05) is 97.6 Å². The summed E-state index contributed by atoms with van der Waals surface area (Å²) in [5.74, 6) is 3.44. The van der Waals surface area contributed by atoms with E-state index < -0.39 is 10.8 Å². The van der Waals surface area contributed by atoms with Gasteiger partial charge in [0.25, 0.3) is 0 Å². The van der Waals surface area contributed by atoms with Crippen LogP contribution in [-0.2, 0) is 10.8 Å². The average Bonchev–Trinajstić information content (AvgIpc) is 3.28. The van der Waals surface area contributed by atoms with E-state index in [1.54, 1.807) is 48.5 Å². The number of hydrogen-bond donors (Lipinski definition) is 4. The first-order chi connectivity index (χ1) is 30.4. The Balaban J connectivity index is 1.04. The van der Waals surface area contributed by atoms with Crippen molar-refractivity contribution in [2.75, 3.05) is 0 Å². The van der Waals surface area contributed by atoms with E-state index in [1.165, 1.54) is 0 Å². The van der Waals surface area contributed by atoms with Crippen LogP contribution >= 0.6 is 0 Å². The van der Waals surface area contributed by atoms with Gasteiger partial charge in [0.15, 0.2) is 0 Å². The van der Waals surface area contributed by atoms with Crippen LogP contribution in [0.5, 0.6) is 46.0 Å². The average molecular weight is 823 g/mol. The molecule has 4 N–H and O–H groups in total. The minimum absolute atomic E-state index is 0.160. The first-order valence-electron chi connectivity index (χ1n) is 21.0. The number of aromatic hydroxyl groups is 4. The summed E-state index contributed by atoms with van der Waals surface area (Å²) < 4.78 is 13.3. The molecule has 2 aliphatic rings. The second-order valence-corrected chi connectivity index (χ2v) is 17.0. The van der Waals surface area contributed by atoms with Crippen LogP contribution in [0.2, 0.25) is 0 Å². The fraction of sp³-hybridized carbons (Fsp3) is 0.0877. The van der Waals surface area contributed by atoms with Crippen LogP contribution in [0.3, 0.4) is 0 Å². The Labute approximate surface area is 364 Å². The zero-order valence-corrected chi connectivity index (χ0v) is 34.9. The van der Waals surface area contributed by atoms with E-state index in [2.05, 4.69) is 56.8 Å². The zero-order chi connectivity index (χ0) is 43.4. The number of hydrogen-bond acceptors (Lipinski definition) is 6. The molecular weight excluding hydrogens is 781 g/mol. The first-order valence-corrected chi connectivity index (χ1v) is 21.0. The molecule has 0 atom stereocenters. The summed E-state index contributed by atoms with van der Waals surface area (Å²) in [6.07, 6.45) is 6.27. The minimum Gasteiger partial charge on any atom is -0.508 e. The second-order valence-electron chi connectivity index (χ2n) is 17.0. The van der Waals surface area contributed by atoms with E-state index in [4.69, 9.17) is 9.47 Å². The van der Waals surface area contributed by atoms with Gasteiger partial charge in [-0.2, -0.15) is 0 Å². The quantitative estimate of drug-likeness (QED) is 0.129. The van der Waals surface area contributed by atoms with Gasteiger partial charge in [-0.25, -0.2) is 0 Å². The number of benzene rings is 9. The summed E-state index contributed by atoms with van der Waals surface area (Å²) >= 11 is 0. The summed E-state index contributed by atoms with van der Waals surface area (Å²) in [4.78, 5) is 0. The van der Waals surface area contributed by atoms with Crippen LogP contribution in [0.15, 0.2) is 176 Å². The van der Waals surface area contributed by atoms with Crippen molar-refractivity contribution in [2.24, 2.45) is 0 Å². The van der Waals surface area contributed by atoms with E-state index in [9.17, 15) is 20.4 Å². The number of allylic oxidation sites excluding steroid dienone is 5. The predicted octanol–water partition coefficient (Wildman–Crippen LogP) is 14.2. The summed E-state index contributed by atoms with van der Waals surface area (Å²) in [5, 5.41) is 50.5. The van der Waals surface area contributed by atoms with Gasteiger partial charge in [0.05, 0.1) is 10.8 Å². The van der Waals surface area contributed by atoms with Crippen molar-refractivity contribution in [3.05, 3.63) is 209 Å². The van der Waals surface area contributed by atoms with Crippen molar-refractivity contribution in [1.82, 2.24) is 0 Å². The molecule has 0 bridgehead atoms. The highest BCUT2D eigenvalue weighted by Crippen LogP contribution is 2.58. The molecule has 0 aromatic heterocycles. The van der Waals surface area contributed by atoms with Crippen LogP contribution in [0, 0.1) is 0 Å². The molecule has 0 fully saturated rings. The van der Waals surface area contributed by atoms with Gasteiger partial charge < -0.3 is 29.9 Å². The third-order valence-electron chi connectivity index (χ3n) is 13.5. The molecule has 0 unspecified atom stereocenters. The van der Waals surface area contributed by atoms with E-state index in [0.29, 0.717) is 23.0 Å². The Kier molecular flexibility index (Phi) is 8.31. The molecule has 11 rings (SSSR count). The number of phenolic OH excluding ortho intramolecular Hbond substituents is 4. The summed E-state index contributed by atoms with van der Waals surface area (Å²) in [6.45, 7) is 11.0. The molecule has 6 nitrogen and oxygen atoms in total. The zero-order valence-electron chi connectivity index (χ0n) is 34.9. The molecule has 2 heterocycles. The third kappa shape index (κ3) is 5.64. The van der Waals surface area contributed by atoms with Gasteiger partial charge in [0, 0.05) is 22.3 Å². The van der Waals surface area contributed by atoms with Crippen molar-refractivity contribution in [3.63, 3.8) is 0 Å². The molecule has 0 saturated carbocycles. The van der Waals surface area contributed by atoms with E-state index in [0.717, 1.165) is 87.6 Å². The Hall–Kier alpha value is -7.96. The molecule has 2 aliphatic heterocycles. The van der Waals surface area contributed by atoms with Gasteiger partial charge in [-0.3, -0.25) is 0 Å². The highest BCUT2D eigenvalue weighted by Gasteiger charge is 2.44. The van der Waals surface area contributed by atoms with Crippen molar-refractivity contribution in [2.45, 2.75) is 31.6 Å². The first kappa shape index (κ1) is 38.0. The highest BCUT2D eigenvalue weighted by atomic mass is 16.5. The van der Waals surface area contributed by atoms with E-state index in [1.807, 2.05) is 85.8 Å². The topological polar surface area (TPSA) is 99.4 Å². The molecule has 0 aliphatic carbocycles. The molecule has 0 radical (unpaired) electrons. The minimum atomic E-state index is -0.800. The van der Waals surface area contributed by atoms with Gasteiger partial charge in [0.1, 0.15) is 46.0 Å². The van der Waals surface area contributed by atoms with Gasteiger partial charge in [0.2, 0.25) is 0 Å². The standard InChI is InChI=1S/C57H42O6/c1-5-38(56(3)52-44-28-40(58)20-9-34(44)13-24-48(52)62-49-25-14-35-10-21-41(59)29-45(35)53(49)56)17-6-32(2)33-7-18-39(19-8-33)57(4)54-46-30-42(60)22-11-36(46)15-26-50(54)63-51-27-16-37-12-23-43(61)31-47(37)55(51)57/h5-31,58-61H,2H2,1,3-4H3/b17-6-,38-5+. The molecule has 9 aromatic rings. The van der Waals surface area contributed by atoms with Gasteiger partial charge in [-0.05, 0) is 159 Å². The molecule has 0 saturated heterocycles. The largest absolute Gasteiger partial charge is 0.508 e. The predicted molar refractivity (Wildman–Crippen MR) is 253 cm³/mol.